The lowest BCUT2D eigenvalue weighted by Gasteiger charge is -2.20. The van der Waals surface area contributed by atoms with Crippen molar-refractivity contribution < 1.29 is 13.2 Å². The molecule has 0 spiro atoms. The van der Waals surface area contributed by atoms with Crippen LogP contribution < -0.4 is 5.32 Å². The molecule has 1 aromatic heterocycles. The molecule has 0 radical (unpaired) electrons. The highest BCUT2D eigenvalue weighted by Gasteiger charge is 2.24. The van der Waals surface area contributed by atoms with Crippen molar-refractivity contribution in [1.29, 1.82) is 0 Å². The lowest BCUT2D eigenvalue weighted by molar-refractivity contribution is 0.0942. The van der Waals surface area contributed by atoms with Crippen LogP contribution in [0, 0.1) is 0 Å². The van der Waals surface area contributed by atoms with Crippen LogP contribution in [0.1, 0.15) is 41.5 Å². The number of benzene rings is 2. The van der Waals surface area contributed by atoms with Crippen LogP contribution in [-0.4, -0.2) is 36.7 Å². The van der Waals surface area contributed by atoms with Gasteiger partial charge in [-0.2, -0.15) is 4.31 Å². The summed E-state index contributed by atoms with van der Waals surface area (Å²) in [6.45, 7) is 4.31. The summed E-state index contributed by atoms with van der Waals surface area (Å²) in [6, 6.07) is 20.7. The third kappa shape index (κ3) is 4.75. The molecule has 1 heterocycles. The highest BCUT2D eigenvalue weighted by molar-refractivity contribution is 7.89. The highest BCUT2D eigenvalue weighted by atomic mass is 32.2. The molecule has 3 aromatic rings. The number of rotatable bonds is 8. The molecule has 6 nitrogen and oxygen atoms in total. The maximum atomic E-state index is 13.0. The van der Waals surface area contributed by atoms with E-state index >= 15 is 0 Å². The number of carbonyl (C=O) groups excluding carboxylic acids is 1. The molecule has 0 fully saturated rings. The highest BCUT2D eigenvalue weighted by Crippen LogP contribution is 2.22. The second-order valence-corrected chi connectivity index (χ2v) is 8.63. The normalized spacial score (nSPS) is 12.5. The molecule has 0 bridgehead atoms. The van der Waals surface area contributed by atoms with Crippen molar-refractivity contribution in [3.8, 4) is 0 Å². The van der Waals surface area contributed by atoms with Crippen LogP contribution in [0.15, 0.2) is 83.9 Å². The van der Waals surface area contributed by atoms with Gasteiger partial charge in [-0.05, 0) is 35.9 Å². The van der Waals surface area contributed by atoms with E-state index in [2.05, 4.69) is 10.3 Å². The Morgan fingerprint density at radius 3 is 2.30 bits per heavy atom. The van der Waals surface area contributed by atoms with Gasteiger partial charge in [0.1, 0.15) is 0 Å². The summed E-state index contributed by atoms with van der Waals surface area (Å²) < 4.78 is 27.0. The summed E-state index contributed by atoms with van der Waals surface area (Å²) in [6.07, 6.45) is 1.68. The molecule has 156 valence electrons. The van der Waals surface area contributed by atoms with Crippen LogP contribution in [0.5, 0.6) is 0 Å². The zero-order valence-electron chi connectivity index (χ0n) is 17.0. The van der Waals surface area contributed by atoms with Gasteiger partial charge in [-0.3, -0.25) is 9.78 Å². The molecule has 0 saturated carbocycles. The Morgan fingerprint density at radius 2 is 1.67 bits per heavy atom. The van der Waals surface area contributed by atoms with E-state index < -0.39 is 16.1 Å². The fourth-order valence-electron chi connectivity index (χ4n) is 3.25. The predicted molar refractivity (Wildman–Crippen MR) is 117 cm³/mol. The third-order valence-corrected chi connectivity index (χ3v) is 6.88. The first-order valence-electron chi connectivity index (χ1n) is 9.84. The average Bonchev–Trinajstić information content (AvgIpc) is 2.79. The van der Waals surface area contributed by atoms with Gasteiger partial charge < -0.3 is 5.32 Å². The third-order valence-electron chi connectivity index (χ3n) is 4.83. The van der Waals surface area contributed by atoms with Crippen molar-refractivity contribution >= 4 is 15.9 Å². The molecule has 0 aliphatic rings. The van der Waals surface area contributed by atoms with Gasteiger partial charge >= 0.3 is 0 Å². The zero-order chi connectivity index (χ0) is 21.6. The van der Waals surface area contributed by atoms with Crippen molar-refractivity contribution in [2.45, 2.75) is 24.8 Å². The SMILES string of the molecule is CCN(CC)S(=O)(=O)c1cccc(C(=O)NC(c2ccccc2)c2ccccn2)c1. The number of nitrogens with zero attached hydrogens (tertiary/aromatic N) is 2. The summed E-state index contributed by atoms with van der Waals surface area (Å²) in [5.41, 5.74) is 1.86. The van der Waals surface area contributed by atoms with Gasteiger partial charge in [0.05, 0.1) is 16.6 Å². The molecule has 0 aliphatic heterocycles. The molecular weight excluding hydrogens is 398 g/mol. The van der Waals surface area contributed by atoms with Crippen LogP contribution >= 0.6 is 0 Å². The van der Waals surface area contributed by atoms with E-state index in [1.54, 1.807) is 32.2 Å². The van der Waals surface area contributed by atoms with Gasteiger partial charge in [0.15, 0.2) is 0 Å². The van der Waals surface area contributed by atoms with E-state index in [1.165, 1.54) is 16.4 Å². The van der Waals surface area contributed by atoms with E-state index in [1.807, 2.05) is 48.5 Å². The van der Waals surface area contributed by atoms with E-state index in [4.69, 9.17) is 0 Å². The number of sulfonamides is 1. The molecule has 1 amide bonds. The molecule has 0 saturated heterocycles. The van der Waals surface area contributed by atoms with E-state index in [0.717, 1.165) is 5.56 Å². The Kier molecular flexibility index (Phi) is 6.97. The molecule has 1 unspecified atom stereocenters. The van der Waals surface area contributed by atoms with Crippen molar-refractivity contribution in [1.82, 2.24) is 14.6 Å². The second kappa shape index (κ2) is 9.65. The van der Waals surface area contributed by atoms with Gasteiger partial charge in [0.2, 0.25) is 10.0 Å². The minimum absolute atomic E-state index is 0.105. The van der Waals surface area contributed by atoms with Crippen LogP contribution in [0.25, 0.3) is 0 Å². The summed E-state index contributed by atoms with van der Waals surface area (Å²) in [7, 11) is -3.65. The first-order chi connectivity index (χ1) is 14.5. The average molecular weight is 424 g/mol. The number of aromatic nitrogens is 1. The van der Waals surface area contributed by atoms with Crippen molar-refractivity contribution in [3.63, 3.8) is 0 Å². The zero-order valence-corrected chi connectivity index (χ0v) is 17.8. The van der Waals surface area contributed by atoms with Crippen LogP contribution in [0.2, 0.25) is 0 Å². The summed E-state index contributed by atoms with van der Waals surface area (Å²) in [4.78, 5) is 17.5. The van der Waals surface area contributed by atoms with Crippen LogP contribution in [0.3, 0.4) is 0 Å². The Balaban J connectivity index is 1.92. The Morgan fingerprint density at radius 1 is 0.967 bits per heavy atom. The molecule has 2 aromatic carbocycles. The van der Waals surface area contributed by atoms with Gasteiger partial charge in [-0.1, -0.05) is 56.3 Å². The minimum Gasteiger partial charge on any atom is -0.340 e. The van der Waals surface area contributed by atoms with E-state index in [9.17, 15) is 13.2 Å². The van der Waals surface area contributed by atoms with Crippen LogP contribution in [0.4, 0.5) is 0 Å². The Bertz CT molecular complexity index is 1040. The summed E-state index contributed by atoms with van der Waals surface area (Å²) >= 11 is 0. The Hall–Kier alpha value is -3.03. The van der Waals surface area contributed by atoms with E-state index in [-0.39, 0.29) is 16.4 Å². The second-order valence-electron chi connectivity index (χ2n) is 6.69. The maximum Gasteiger partial charge on any atom is 0.252 e. The fourth-order valence-corrected chi connectivity index (χ4v) is 4.75. The van der Waals surface area contributed by atoms with Crippen molar-refractivity contribution in [3.05, 3.63) is 95.8 Å². The van der Waals surface area contributed by atoms with Gasteiger partial charge in [0.25, 0.3) is 5.91 Å². The maximum absolute atomic E-state index is 13.0. The summed E-state index contributed by atoms with van der Waals surface area (Å²) in [5, 5.41) is 2.99. The summed E-state index contributed by atoms with van der Waals surface area (Å²) in [5.74, 6) is -0.369. The molecule has 7 heteroatoms. The van der Waals surface area contributed by atoms with Crippen molar-refractivity contribution in [2.24, 2.45) is 0 Å². The standard InChI is InChI=1S/C23H25N3O3S/c1-3-26(4-2)30(28,29)20-14-10-13-19(17-20)23(27)25-22(18-11-6-5-7-12-18)21-15-8-9-16-24-21/h5-17,22H,3-4H2,1-2H3,(H,25,27). The van der Waals surface area contributed by atoms with Gasteiger partial charge in [-0.15, -0.1) is 0 Å². The van der Waals surface area contributed by atoms with Crippen molar-refractivity contribution in [2.75, 3.05) is 13.1 Å². The number of carbonyl (C=O) groups is 1. The number of hydrogen-bond acceptors (Lipinski definition) is 4. The number of pyridine rings is 1. The largest absolute Gasteiger partial charge is 0.340 e. The molecule has 3 rings (SSSR count). The Labute approximate surface area is 177 Å². The molecule has 0 aliphatic carbocycles. The first kappa shape index (κ1) is 21.7. The molecular formula is C23H25N3O3S. The molecule has 1 atom stereocenters. The number of nitrogens with one attached hydrogen (secondary N) is 1. The lowest BCUT2D eigenvalue weighted by atomic mass is 10.0. The molecule has 1 N–H and O–H groups in total. The number of hydrogen-bond donors (Lipinski definition) is 1. The first-order valence-corrected chi connectivity index (χ1v) is 11.3. The smallest absolute Gasteiger partial charge is 0.252 e. The van der Waals surface area contributed by atoms with Gasteiger partial charge in [0, 0.05) is 24.8 Å². The predicted octanol–water partition coefficient (Wildman–Crippen LogP) is 3.63. The van der Waals surface area contributed by atoms with E-state index in [0.29, 0.717) is 18.8 Å². The molecule has 30 heavy (non-hydrogen) atoms. The van der Waals surface area contributed by atoms with Crippen LogP contribution in [-0.2, 0) is 10.0 Å². The topological polar surface area (TPSA) is 79.4 Å². The minimum atomic E-state index is -3.65. The lowest BCUT2D eigenvalue weighted by Crippen LogP contribution is -2.32. The quantitative estimate of drug-likeness (QED) is 0.600. The fraction of sp³-hybridized carbons (Fsp3) is 0.217. The number of amides is 1. The monoisotopic (exact) mass is 423 g/mol. The van der Waals surface area contributed by atoms with Gasteiger partial charge in [-0.25, -0.2) is 8.42 Å².